The van der Waals surface area contributed by atoms with Crippen LogP contribution < -0.4 is 9.47 Å². The summed E-state index contributed by atoms with van der Waals surface area (Å²) in [6.45, 7) is 1.54. The van der Waals surface area contributed by atoms with Crippen molar-refractivity contribution in [1.82, 2.24) is 4.90 Å². The predicted octanol–water partition coefficient (Wildman–Crippen LogP) is 2.74. The van der Waals surface area contributed by atoms with Gasteiger partial charge in [0.15, 0.2) is 11.5 Å². The van der Waals surface area contributed by atoms with Crippen LogP contribution in [0.2, 0.25) is 0 Å². The van der Waals surface area contributed by atoms with Gasteiger partial charge in [-0.15, -0.1) is 0 Å². The third-order valence-corrected chi connectivity index (χ3v) is 4.04. The van der Waals surface area contributed by atoms with E-state index in [1.165, 1.54) is 6.42 Å². The summed E-state index contributed by atoms with van der Waals surface area (Å²) >= 11 is 0. The number of amides is 1. The van der Waals surface area contributed by atoms with Gasteiger partial charge in [0, 0.05) is 25.8 Å². The van der Waals surface area contributed by atoms with Gasteiger partial charge in [-0.1, -0.05) is 0 Å². The van der Waals surface area contributed by atoms with Crippen LogP contribution in [0.1, 0.15) is 36.0 Å². The van der Waals surface area contributed by atoms with E-state index in [4.69, 9.17) is 14.2 Å². The molecule has 22 heavy (non-hydrogen) atoms. The van der Waals surface area contributed by atoms with Crippen molar-refractivity contribution in [2.45, 2.75) is 31.8 Å². The topological polar surface area (TPSA) is 48.0 Å². The van der Waals surface area contributed by atoms with E-state index in [2.05, 4.69) is 0 Å². The normalized spacial score (nSPS) is 17.9. The number of carbonyl (C=O) groups excluding carboxylic acids is 1. The van der Waals surface area contributed by atoms with E-state index in [0.717, 1.165) is 25.9 Å². The molecule has 1 aliphatic heterocycles. The van der Waals surface area contributed by atoms with E-state index in [0.29, 0.717) is 23.6 Å². The van der Waals surface area contributed by atoms with E-state index in [1.807, 2.05) is 7.05 Å². The highest BCUT2D eigenvalue weighted by Gasteiger charge is 2.18. The van der Waals surface area contributed by atoms with Gasteiger partial charge in [-0.05, 0) is 43.9 Å². The number of rotatable bonds is 6. The molecule has 2 rings (SSSR count). The van der Waals surface area contributed by atoms with Crippen molar-refractivity contribution in [3.05, 3.63) is 23.8 Å². The molecule has 0 radical (unpaired) electrons. The number of carbonyl (C=O) groups is 1. The molecule has 0 saturated carbocycles. The molecule has 1 fully saturated rings. The first kappa shape index (κ1) is 16.6. The van der Waals surface area contributed by atoms with Crippen molar-refractivity contribution < 1.29 is 19.0 Å². The lowest BCUT2D eigenvalue weighted by molar-refractivity contribution is 0.00709. The number of benzene rings is 1. The minimum absolute atomic E-state index is 0.0169. The average molecular weight is 307 g/mol. The van der Waals surface area contributed by atoms with E-state index < -0.39 is 0 Å². The molecule has 1 aliphatic rings. The Morgan fingerprint density at radius 2 is 2.05 bits per heavy atom. The van der Waals surface area contributed by atoms with Crippen LogP contribution in [0.5, 0.6) is 11.5 Å². The fourth-order valence-electron chi connectivity index (χ4n) is 2.66. The molecule has 1 aromatic carbocycles. The minimum atomic E-state index is -0.0169. The second kappa shape index (κ2) is 8.03. The third-order valence-electron chi connectivity index (χ3n) is 4.04. The minimum Gasteiger partial charge on any atom is -0.493 e. The lowest BCUT2D eigenvalue weighted by Crippen LogP contribution is -2.31. The van der Waals surface area contributed by atoms with Gasteiger partial charge in [0.2, 0.25) is 0 Å². The maximum Gasteiger partial charge on any atom is 0.253 e. The van der Waals surface area contributed by atoms with Crippen LogP contribution in [0, 0.1) is 0 Å². The van der Waals surface area contributed by atoms with Gasteiger partial charge in [0.05, 0.1) is 20.3 Å². The molecule has 1 atom stereocenters. The molecule has 1 saturated heterocycles. The lowest BCUT2D eigenvalue weighted by Gasteiger charge is -2.25. The molecule has 0 N–H and O–H groups in total. The predicted molar refractivity (Wildman–Crippen MR) is 84.7 cm³/mol. The van der Waals surface area contributed by atoms with Gasteiger partial charge in [0.25, 0.3) is 5.91 Å². The highest BCUT2D eigenvalue weighted by molar-refractivity contribution is 5.94. The molecule has 0 aliphatic carbocycles. The Hall–Kier alpha value is -1.75. The summed E-state index contributed by atoms with van der Waals surface area (Å²) in [5.41, 5.74) is 0.602. The smallest absolute Gasteiger partial charge is 0.253 e. The van der Waals surface area contributed by atoms with Gasteiger partial charge in [-0.3, -0.25) is 4.79 Å². The molecule has 1 aromatic rings. The van der Waals surface area contributed by atoms with E-state index >= 15 is 0 Å². The van der Waals surface area contributed by atoms with Crippen molar-refractivity contribution in [1.29, 1.82) is 0 Å². The van der Waals surface area contributed by atoms with Crippen LogP contribution in [-0.2, 0) is 4.74 Å². The molecule has 122 valence electrons. The monoisotopic (exact) mass is 307 g/mol. The largest absolute Gasteiger partial charge is 0.493 e. The zero-order valence-electron chi connectivity index (χ0n) is 13.6. The summed E-state index contributed by atoms with van der Waals surface area (Å²) in [4.78, 5) is 14.2. The second-order valence-corrected chi connectivity index (χ2v) is 5.57. The van der Waals surface area contributed by atoms with Crippen LogP contribution in [-0.4, -0.2) is 51.3 Å². The van der Waals surface area contributed by atoms with Crippen molar-refractivity contribution >= 4 is 5.91 Å². The number of hydrogen-bond acceptors (Lipinski definition) is 4. The average Bonchev–Trinajstić information content (AvgIpc) is 2.59. The Balaban J connectivity index is 1.94. The Kier molecular flexibility index (Phi) is 6.07. The summed E-state index contributed by atoms with van der Waals surface area (Å²) in [6.07, 6.45) is 4.64. The first-order valence-electron chi connectivity index (χ1n) is 7.74. The molecule has 0 aromatic heterocycles. The molecule has 1 heterocycles. The molecule has 0 spiro atoms. The molecule has 5 nitrogen and oxygen atoms in total. The van der Waals surface area contributed by atoms with Crippen LogP contribution >= 0.6 is 0 Å². The number of hydrogen-bond donors (Lipinski definition) is 0. The Morgan fingerprint density at radius 1 is 1.27 bits per heavy atom. The maximum atomic E-state index is 12.5. The summed E-state index contributed by atoms with van der Waals surface area (Å²) < 4.78 is 16.1. The quantitative estimate of drug-likeness (QED) is 0.811. The standard InChI is InChI=1S/C17H25NO4/c1-18(10-9-14-6-4-5-11-22-14)17(19)13-7-8-15(20-2)16(12-13)21-3/h7-8,12,14H,4-6,9-11H2,1-3H3. The number of nitrogens with zero attached hydrogens (tertiary/aromatic N) is 1. The summed E-state index contributed by atoms with van der Waals surface area (Å²) in [5.74, 6) is 1.17. The fourth-order valence-corrected chi connectivity index (χ4v) is 2.66. The summed E-state index contributed by atoms with van der Waals surface area (Å²) in [5, 5.41) is 0. The van der Waals surface area contributed by atoms with Crippen LogP contribution in [0.15, 0.2) is 18.2 Å². The Morgan fingerprint density at radius 3 is 2.68 bits per heavy atom. The zero-order chi connectivity index (χ0) is 15.9. The van der Waals surface area contributed by atoms with Crippen molar-refractivity contribution in [3.8, 4) is 11.5 Å². The highest BCUT2D eigenvalue weighted by atomic mass is 16.5. The van der Waals surface area contributed by atoms with Crippen molar-refractivity contribution in [2.75, 3.05) is 34.4 Å². The molecule has 0 bridgehead atoms. The molecule has 5 heteroatoms. The van der Waals surface area contributed by atoms with Gasteiger partial charge < -0.3 is 19.1 Å². The van der Waals surface area contributed by atoms with Gasteiger partial charge >= 0.3 is 0 Å². The fraction of sp³-hybridized carbons (Fsp3) is 0.588. The maximum absolute atomic E-state index is 12.5. The van der Waals surface area contributed by atoms with Crippen LogP contribution in [0.25, 0.3) is 0 Å². The van der Waals surface area contributed by atoms with Gasteiger partial charge in [-0.25, -0.2) is 0 Å². The number of ether oxygens (including phenoxy) is 3. The van der Waals surface area contributed by atoms with Crippen LogP contribution in [0.3, 0.4) is 0 Å². The van der Waals surface area contributed by atoms with Crippen LogP contribution in [0.4, 0.5) is 0 Å². The second-order valence-electron chi connectivity index (χ2n) is 5.57. The first-order chi connectivity index (χ1) is 10.7. The number of methoxy groups -OCH3 is 2. The molecular weight excluding hydrogens is 282 g/mol. The van der Waals surface area contributed by atoms with E-state index in [1.54, 1.807) is 37.3 Å². The molecular formula is C17H25NO4. The first-order valence-corrected chi connectivity index (χ1v) is 7.74. The van der Waals surface area contributed by atoms with E-state index in [9.17, 15) is 4.79 Å². The SMILES string of the molecule is COc1ccc(C(=O)N(C)CCC2CCCCO2)cc1OC. The molecule has 1 unspecified atom stereocenters. The summed E-state index contributed by atoms with van der Waals surface area (Å²) in [7, 11) is 4.97. The Bertz CT molecular complexity index is 497. The van der Waals surface area contributed by atoms with Gasteiger partial charge in [-0.2, -0.15) is 0 Å². The van der Waals surface area contributed by atoms with Crippen molar-refractivity contribution in [3.63, 3.8) is 0 Å². The summed E-state index contributed by atoms with van der Waals surface area (Å²) in [6, 6.07) is 5.23. The van der Waals surface area contributed by atoms with Gasteiger partial charge in [0.1, 0.15) is 0 Å². The lowest BCUT2D eigenvalue weighted by atomic mass is 10.1. The third kappa shape index (κ3) is 4.13. The van der Waals surface area contributed by atoms with Crippen molar-refractivity contribution in [2.24, 2.45) is 0 Å². The highest BCUT2D eigenvalue weighted by Crippen LogP contribution is 2.28. The Labute approximate surface area is 132 Å². The zero-order valence-corrected chi connectivity index (χ0v) is 13.6. The molecule has 1 amide bonds. The van der Waals surface area contributed by atoms with E-state index in [-0.39, 0.29) is 12.0 Å².